The number of unbranched alkanes of at least 4 members (excludes halogenated alkanes) is 1. The number of anilines is 2. The van der Waals surface area contributed by atoms with E-state index in [1.54, 1.807) is 7.11 Å². The largest absolute Gasteiger partial charge is 0.496 e. The molecule has 0 aliphatic heterocycles. The highest BCUT2D eigenvalue weighted by molar-refractivity contribution is 9.10. The Labute approximate surface area is 145 Å². The topological polar surface area (TPSA) is 73.1 Å². The molecule has 0 saturated carbocycles. The first-order valence-corrected chi connectivity index (χ1v) is 8.53. The minimum absolute atomic E-state index is 0.298. The van der Waals surface area contributed by atoms with E-state index in [-0.39, 0.29) is 0 Å². The summed E-state index contributed by atoms with van der Waals surface area (Å²) in [6.07, 6.45) is 2.90. The van der Waals surface area contributed by atoms with E-state index < -0.39 is 0 Å². The molecule has 1 aromatic heterocycles. The number of nitrogens with two attached hydrogens (primary N) is 1. The van der Waals surface area contributed by atoms with Crippen molar-refractivity contribution in [2.45, 2.75) is 33.1 Å². The lowest BCUT2D eigenvalue weighted by Crippen LogP contribution is -2.11. The third-order valence-corrected chi connectivity index (χ3v) is 4.16. The van der Waals surface area contributed by atoms with Gasteiger partial charge in [0.25, 0.3) is 0 Å². The zero-order valence-corrected chi connectivity index (χ0v) is 15.4. The molecule has 0 fully saturated rings. The summed E-state index contributed by atoms with van der Waals surface area (Å²) in [5, 5.41) is 3.38. The highest BCUT2D eigenvalue weighted by Crippen LogP contribution is 2.28. The first-order chi connectivity index (χ1) is 11.0. The summed E-state index contributed by atoms with van der Waals surface area (Å²) in [6.45, 7) is 4.99. The van der Waals surface area contributed by atoms with Crippen LogP contribution in [0.1, 0.15) is 36.6 Å². The molecule has 23 heavy (non-hydrogen) atoms. The number of benzene rings is 1. The molecule has 0 aliphatic rings. The molecule has 0 atom stereocenters. The zero-order valence-electron chi connectivity index (χ0n) is 13.8. The van der Waals surface area contributed by atoms with E-state index >= 15 is 0 Å². The number of aryl methyl sites for hydroxylation is 1. The number of nitrogens with one attached hydrogen (secondary N) is 1. The van der Waals surface area contributed by atoms with Gasteiger partial charge in [-0.1, -0.05) is 29.3 Å². The zero-order chi connectivity index (χ0) is 16.8. The molecule has 0 spiro atoms. The smallest absolute Gasteiger partial charge is 0.222 e. The van der Waals surface area contributed by atoms with Crippen LogP contribution in [0.5, 0.6) is 5.75 Å². The van der Waals surface area contributed by atoms with E-state index in [0.29, 0.717) is 12.4 Å². The Balaban J connectivity index is 2.36. The fourth-order valence-corrected chi connectivity index (χ4v) is 2.84. The molecule has 5 nitrogen and oxygen atoms in total. The van der Waals surface area contributed by atoms with Crippen LogP contribution in [-0.2, 0) is 6.42 Å². The lowest BCUT2D eigenvalue weighted by molar-refractivity contribution is 0.410. The molecule has 1 aromatic carbocycles. The highest BCUT2D eigenvalue weighted by Gasteiger charge is 2.14. The van der Waals surface area contributed by atoms with Crippen molar-refractivity contribution in [3.05, 3.63) is 39.5 Å². The Morgan fingerprint density at radius 3 is 2.78 bits per heavy atom. The molecule has 2 rings (SSSR count). The van der Waals surface area contributed by atoms with Crippen molar-refractivity contribution < 1.29 is 4.74 Å². The van der Waals surface area contributed by atoms with Crippen LogP contribution in [0.4, 0.5) is 11.8 Å². The van der Waals surface area contributed by atoms with Crippen LogP contribution < -0.4 is 15.8 Å². The first-order valence-electron chi connectivity index (χ1n) is 7.74. The molecule has 6 heteroatoms. The number of hydrogen-bond donors (Lipinski definition) is 2. The molecule has 0 radical (unpaired) electrons. The van der Waals surface area contributed by atoms with E-state index in [0.717, 1.165) is 52.2 Å². The molecule has 0 unspecified atom stereocenters. The van der Waals surface area contributed by atoms with E-state index in [1.165, 1.54) is 0 Å². The summed E-state index contributed by atoms with van der Waals surface area (Å²) in [6, 6.07) is 5.98. The number of aromatic nitrogens is 2. The molecule has 0 amide bonds. The third kappa shape index (κ3) is 4.58. The van der Waals surface area contributed by atoms with E-state index in [1.807, 2.05) is 19.1 Å². The number of ether oxygens (including phenoxy) is 1. The van der Waals surface area contributed by atoms with Crippen LogP contribution in [0.15, 0.2) is 22.7 Å². The molecule has 0 saturated heterocycles. The highest BCUT2D eigenvalue weighted by atomic mass is 79.9. The molecule has 0 aliphatic carbocycles. The molecular formula is C17H23BrN4O. The van der Waals surface area contributed by atoms with Gasteiger partial charge in [-0.3, -0.25) is 0 Å². The normalized spacial score (nSPS) is 10.6. The Bertz CT molecular complexity index is 676. The summed E-state index contributed by atoms with van der Waals surface area (Å²) >= 11 is 3.52. The van der Waals surface area contributed by atoms with Crippen LogP contribution in [0, 0.1) is 6.92 Å². The van der Waals surface area contributed by atoms with Crippen LogP contribution in [-0.4, -0.2) is 23.6 Å². The first kappa shape index (κ1) is 17.5. The van der Waals surface area contributed by atoms with E-state index in [4.69, 9.17) is 10.5 Å². The third-order valence-electron chi connectivity index (χ3n) is 3.66. The van der Waals surface area contributed by atoms with Gasteiger partial charge in [0.05, 0.1) is 7.11 Å². The van der Waals surface area contributed by atoms with Gasteiger partial charge in [0, 0.05) is 28.7 Å². The average Bonchev–Trinajstić information content (AvgIpc) is 2.51. The molecule has 0 bridgehead atoms. The molecule has 3 N–H and O–H groups in total. The number of hydrogen-bond acceptors (Lipinski definition) is 5. The van der Waals surface area contributed by atoms with Crippen LogP contribution in [0.2, 0.25) is 0 Å². The lowest BCUT2D eigenvalue weighted by Gasteiger charge is -2.15. The number of methoxy groups -OCH3 is 1. The number of halogens is 1. The van der Waals surface area contributed by atoms with Gasteiger partial charge in [-0.25, -0.2) is 4.98 Å². The monoisotopic (exact) mass is 378 g/mol. The Morgan fingerprint density at radius 1 is 1.30 bits per heavy atom. The van der Waals surface area contributed by atoms with Gasteiger partial charge in [0.1, 0.15) is 11.6 Å². The van der Waals surface area contributed by atoms with Gasteiger partial charge in [0.15, 0.2) is 0 Å². The van der Waals surface area contributed by atoms with Gasteiger partial charge in [-0.15, -0.1) is 0 Å². The number of nitrogens with zero attached hydrogens (tertiary/aromatic N) is 2. The summed E-state index contributed by atoms with van der Waals surface area (Å²) < 4.78 is 6.48. The van der Waals surface area contributed by atoms with Crippen molar-refractivity contribution in [1.29, 1.82) is 0 Å². The summed E-state index contributed by atoms with van der Waals surface area (Å²) in [4.78, 5) is 8.69. The van der Waals surface area contributed by atoms with Crippen LogP contribution in [0.25, 0.3) is 0 Å². The number of nitrogen functional groups attached to an aromatic ring is 1. The quantitative estimate of drug-likeness (QED) is 0.713. The van der Waals surface area contributed by atoms with Crippen molar-refractivity contribution >= 4 is 27.7 Å². The second kappa shape index (κ2) is 8.15. The van der Waals surface area contributed by atoms with Gasteiger partial charge in [-0.2, -0.15) is 4.98 Å². The number of rotatable bonds is 7. The van der Waals surface area contributed by atoms with Crippen molar-refractivity contribution in [2.24, 2.45) is 0 Å². The minimum Gasteiger partial charge on any atom is -0.496 e. The van der Waals surface area contributed by atoms with E-state index in [9.17, 15) is 0 Å². The minimum atomic E-state index is 0.298. The second-order valence-electron chi connectivity index (χ2n) is 5.41. The van der Waals surface area contributed by atoms with Crippen LogP contribution in [0.3, 0.4) is 0 Å². The Kier molecular flexibility index (Phi) is 6.21. The van der Waals surface area contributed by atoms with Crippen LogP contribution >= 0.6 is 15.9 Å². The molecule has 1 heterocycles. The van der Waals surface area contributed by atoms with Crippen molar-refractivity contribution in [3.8, 4) is 5.75 Å². The van der Waals surface area contributed by atoms with Gasteiger partial charge in [0.2, 0.25) is 5.95 Å². The lowest BCUT2D eigenvalue weighted by atomic mass is 10.0. The maximum absolute atomic E-state index is 5.81. The predicted molar refractivity (Wildman–Crippen MR) is 98.1 cm³/mol. The molecule has 2 aromatic rings. The fraction of sp³-hybridized carbons (Fsp3) is 0.412. The summed E-state index contributed by atoms with van der Waals surface area (Å²) in [5.74, 6) is 1.96. The van der Waals surface area contributed by atoms with Crippen molar-refractivity contribution in [2.75, 3.05) is 24.7 Å². The van der Waals surface area contributed by atoms with E-state index in [2.05, 4.69) is 44.2 Å². The Hall–Kier alpha value is -1.82. The van der Waals surface area contributed by atoms with Crippen molar-refractivity contribution in [1.82, 2.24) is 9.97 Å². The van der Waals surface area contributed by atoms with Crippen molar-refractivity contribution in [3.63, 3.8) is 0 Å². The predicted octanol–water partition coefficient (Wildman–Crippen LogP) is 3.94. The maximum atomic E-state index is 5.81. The second-order valence-corrected chi connectivity index (χ2v) is 6.32. The van der Waals surface area contributed by atoms with Gasteiger partial charge < -0.3 is 15.8 Å². The fourth-order valence-electron chi connectivity index (χ4n) is 2.43. The average molecular weight is 379 g/mol. The standard InChI is InChI=1S/C17H23BrN4O/c1-4-5-8-20-16-14(11(2)21-17(19)22-16)10-12-9-13(18)6-7-15(12)23-3/h6-7,9H,4-5,8,10H2,1-3H3,(H3,19,20,21,22). The summed E-state index contributed by atoms with van der Waals surface area (Å²) in [5.41, 5.74) is 8.83. The summed E-state index contributed by atoms with van der Waals surface area (Å²) in [7, 11) is 1.68. The van der Waals surface area contributed by atoms with Gasteiger partial charge in [-0.05, 0) is 37.1 Å². The molecule has 124 valence electrons. The SMILES string of the molecule is CCCCNc1nc(N)nc(C)c1Cc1cc(Br)ccc1OC. The Morgan fingerprint density at radius 2 is 2.09 bits per heavy atom. The van der Waals surface area contributed by atoms with Gasteiger partial charge >= 0.3 is 0 Å². The molecular weight excluding hydrogens is 356 g/mol. The maximum Gasteiger partial charge on any atom is 0.222 e.